The molecule has 1 aliphatic heterocycles. The van der Waals surface area contributed by atoms with Gasteiger partial charge in [-0.1, -0.05) is 22.4 Å². The van der Waals surface area contributed by atoms with Gasteiger partial charge < -0.3 is 14.8 Å². The van der Waals surface area contributed by atoms with E-state index in [0.29, 0.717) is 30.6 Å². The summed E-state index contributed by atoms with van der Waals surface area (Å²) in [5, 5.41) is 2.98. The van der Waals surface area contributed by atoms with Gasteiger partial charge in [0.15, 0.2) is 6.10 Å². The van der Waals surface area contributed by atoms with Gasteiger partial charge in [-0.25, -0.2) is 0 Å². The summed E-state index contributed by atoms with van der Waals surface area (Å²) in [6.07, 6.45) is 4.46. The third-order valence-corrected chi connectivity index (χ3v) is 4.22. The van der Waals surface area contributed by atoms with Gasteiger partial charge in [-0.05, 0) is 25.2 Å². The summed E-state index contributed by atoms with van der Waals surface area (Å²) in [5.41, 5.74) is 0. The molecule has 1 heterocycles. The molecule has 98 valence electrons. The highest BCUT2D eigenvalue weighted by Gasteiger charge is 2.25. The Morgan fingerprint density at radius 3 is 2.94 bits per heavy atom. The number of hydrogen-bond acceptors (Lipinski definition) is 3. The van der Waals surface area contributed by atoms with Crippen LogP contribution in [0.2, 0.25) is 0 Å². The van der Waals surface area contributed by atoms with Gasteiger partial charge in [0.25, 0.3) is 5.91 Å². The van der Waals surface area contributed by atoms with Gasteiger partial charge in [-0.2, -0.15) is 0 Å². The SMILES string of the molecule is O=C(NCC1CCCC(Br)C1)C1COCCO1. The first kappa shape index (κ1) is 13.3. The van der Waals surface area contributed by atoms with E-state index in [4.69, 9.17) is 9.47 Å². The van der Waals surface area contributed by atoms with Crippen LogP contribution in [0, 0.1) is 5.92 Å². The van der Waals surface area contributed by atoms with E-state index in [9.17, 15) is 4.79 Å². The smallest absolute Gasteiger partial charge is 0.251 e. The minimum atomic E-state index is -0.410. The first-order valence-corrected chi connectivity index (χ1v) is 7.28. The summed E-state index contributed by atoms with van der Waals surface area (Å²) in [4.78, 5) is 12.4. The van der Waals surface area contributed by atoms with E-state index in [-0.39, 0.29) is 5.91 Å². The Balaban J connectivity index is 1.68. The first-order chi connectivity index (χ1) is 8.25. The van der Waals surface area contributed by atoms with E-state index in [1.807, 2.05) is 0 Å². The molecule has 1 saturated carbocycles. The van der Waals surface area contributed by atoms with Crippen LogP contribution in [-0.2, 0) is 14.3 Å². The van der Waals surface area contributed by atoms with Crippen molar-refractivity contribution in [2.45, 2.75) is 36.6 Å². The van der Waals surface area contributed by atoms with Gasteiger partial charge >= 0.3 is 0 Å². The molecule has 2 fully saturated rings. The summed E-state index contributed by atoms with van der Waals surface area (Å²) >= 11 is 3.65. The van der Waals surface area contributed by atoms with Crippen LogP contribution < -0.4 is 5.32 Å². The normalized spacial score (nSPS) is 34.3. The number of ether oxygens (including phenoxy) is 2. The Labute approximate surface area is 111 Å². The molecule has 2 aliphatic rings. The number of rotatable bonds is 3. The molecule has 0 radical (unpaired) electrons. The molecular formula is C12H20BrNO3. The number of carbonyl (C=O) groups excluding carboxylic acids is 1. The quantitative estimate of drug-likeness (QED) is 0.803. The lowest BCUT2D eigenvalue weighted by Gasteiger charge is -2.27. The highest BCUT2D eigenvalue weighted by atomic mass is 79.9. The number of nitrogens with one attached hydrogen (secondary N) is 1. The van der Waals surface area contributed by atoms with E-state index in [1.165, 1.54) is 19.3 Å². The summed E-state index contributed by atoms with van der Waals surface area (Å²) in [6, 6.07) is 0. The fraction of sp³-hybridized carbons (Fsp3) is 0.917. The van der Waals surface area contributed by atoms with Gasteiger partial charge in [0, 0.05) is 11.4 Å². The van der Waals surface area contributed by atoms with Crippen LogP contribution in [0.4, 0.5) is 0 Å². The van der Waals surface area contributed by atoms with Crippen molar-refractivity contribution in [3.63, 3.8) is 0 Å². The third-order valence-electron chi connectivity index (χ3n) is 3.39. The Morgan fingerprint density at radius 2 is 2.24 bits per heavy atom. The molecule has 1 saturated heterocycles. The minimum absolute atomic E-state index is 0.0265. The van der Waals surface area contributed by atoms with Crippen LogP contribution in [0.25, 0.3) is 0 Å². The van der Waals surface area contributed by atoms with Gasteiger partial charge in [0.05, 0.1) is 19.8 Å². The average Bonchev–Trinajstić information content (AvgIpc) is 2.37. The number of carbonyl (C=O) groups is 1. The fourth-order valence-electron chi connectivity index (χ4n) is 2.41. The van der Waals surface area contributed by atoms with Crippen molar-refractivity contribution in [3.05, 3.63) is 0 Å². The van der Waals surface area contributed by atoms with Crippen molar-refractivity contribution in [1.82, 2.24) is 5.32 Å². The van der Waals surface area contributed by atoms with Crippen molar-refractivity contribution < 1.29 is 14.3 Å². The Bertz CT molecular complexity index is 256. The molecule has 3 unspecified atom stereocenters. The Kier molecular flexibility index (Phi) is 5.25. The molecule has 1 N–H and O–H groups in total. The second kappa shape index (κ2) is 6.71. The number of halogens is 1. The minimum Gasteiger partial charge on any atom is -0.376 e. The van der Waals surface area contributed by atoms with Gasteiger partial charge in [-0.15, -0.1) is 0 Å². The lowest BCUT2D eigenvalue weighted by atomic mass is 9.89. The second-order valence-electron chi connectivity index (χ2n) is 4.81. The van der Waals surface area contributed by atoms with Crippen molar-refractivity contribution >= 4 is 21.8 Å². The van der Waals surface area contributed by atoms with Gasteiger partial charge in [0.2, 0.25) is 0 Å². The summed E-state index contributed by atoms with van der Waals surface area (Å²) in [6.45, 7) is 2.26. The maximum Gasteiger partial charge on any atom is 0.251 e. The number of alkyl halides is 1. The zero-order chi connectivity index (χ0) is 12.1. The summed E-state index contributed by atoms with van der Waals surface area (Å²) in [5.74, 6) is 0.572. The van der Waals surface area contributed by atoms with Crippen LogP contribution >= 0.6 is 15.9 Å². The Hall–Kier alpha value is -0.130. The fourth-order valence-corrected chi connectivity index (χ4v) is 3.26. The topological polar surface area (TPSA) is 47.6 Å². The third kappa shape index (κ3) is 4.23. The second-order valence-corrected chi connectivity index (χ2v) is 6.10. The maximum atomic E-state index is 11.8. The predicted octanol–water partition coefficient (Wildman–Crippen LogP) is 1.47. The highest BCUT2D eigenvalue weighted by molar-refractivity contribution is 9.09. The van der Waals surface area contributed by atoms with E-state index < -0.39 is 6.10 Å². The van der Waals surface area contributed by atoms with Crippen molar-refractivity contribution in [3.8, 4) is 0 Å². The van der Waals surface area contributed by atoms with E-state index in [2.05, 4.69) is 21.2 Å². The molecule has 3 atom stereocenters. The maximum absolute atomic E-state index is 11.8. The Morgan fingerprint density at radius 1 is 1.35 bits per heavy atom. The highest BCUT2D eigenvalue weighted by Crippen LogP contribution is 2.28. The van der Waals surface area contributed by atoms with E-state index >= 15 is 0 Å². The number of hydrogen-bond donors (Lipinski definition) is 1. The zero-order valence-corrected chi connectivity index (χ0v) is 11.6. The number of amides is 1. The molecule has 0 aromatic heterocycles. The van der Waals surface area contributed by atoms with Crippen molar-refractivity contribution in [2.24, 2.45) is 5.92 Å². The first-order valence-electron chi connectivity index (χ1n) is 6.37. The summed E-state index contributed by atoms with van der Waals surface area (Å²) in [7, 11) is 0. The zero-order valence-electron chi connectivity index (χ0n) is 9.99. The molecule has 4 nitrogen and oxygen atoms in total. The van der Waals surface area contributed by atoms with Crippen LogP contribution in [0.1, 0.15) is 25.7 Å². The van der Waals surface area contributed by atoms with Crippen LogP contribution in [-0.4, -0.2) is 43.2 Å². The lowest BCUT2D eigenvalue weighted by Crippen LogP contribution is -2.44. The van der Waals surface area contributed by atoms with Crippen LogP contribution in [0.3, 0.4) is 0 Å². The molecule has 17 heavy (non-hydrogen) atoms. The largest absolute Gasteiger partial charge is 0.376 e. The molecule has 0 bridgehead atoms. The molecule has 2 rings (SSSR count). The van der Waals surface area contributed by atoms with Crippen LogP contribution in [0.15, 0.2) is 0 Å². The molecule has 1 aliphatic carbocycles. The molecular weight excluding hydrogens is 286 g/mol. The molecule has 0 spiro atoms. The lowest BCUT2D eigenvalue weighted by molar-refractivity contribution is -0.147. The van der Waals surface area contributed by atoms with Crippen LogP contribution in [0.5, 0.6) is 0 Å². The molecule has 5 heteroatoms. The van der Waals surface area contributed by atoms with Gasteiger partial charge in [-0.3, -0.25) is 4.79 Å². The summed E-state index contributed by atoms with van der Waals surface area (Å²) < 4.78 is 10.6. The molecule has 0 aromatic rings. The molecule has 0 aromatic carbocycles. The van der Waals surface area contributed by atoms with E-state index in [0.717, 1.165) is 13.0 Å². The van der Waals surface area contributed by atoms with Crippen molar-refractivity contribution in [2.75, 3.05) is 26.4 Å². The van der Waals surface area contributed by atoms with Crippen molar-refractivity contribution in [1.29, 1.82) is 0 Å². The monoisotopic (exact) mass is 305 g/mol. The predicted molar refractivity (Wildman–Crippen MR) is 68.2 cm³/mol. The molecule has 1 amide bonds. The standard InChI is InChI=1S/C12H20BrNO3/c13-10-3-1-2-9(6-10)7-14-12(15)11-8-16-4-5-17-11/h9-11H,1-8H2,(H,14,15). The van der Waals surface area contributed by atoms with E-state index in [1.54, 1.807) is 0 Å². The average molecular weight is 306 g/mol. The van der Waals surface area contributed by atoms with Gasteiger partial charge in [0.1, 0.15) is 0 Å².